The Morgan fingerprint density at radius 1 is 1.22 bits per heavy atom. The van der Waals surface area contributed by atoms with Gasteiger partial charge < -0.3 is 25.2 Å². The van der Waals surface area contributed by atoms with Crippen LogP contribution in [0.3, 0.4) is 0 Å². The number of hydrogen-bond acceptors (Lipinski definition) is 5. The van der Waals surface area contributed by atoms with Gasteiger partial charge in [-0.05, 0) is 43.8 Å². The standard InChI is InChI=1S/C17H30BNO4/c1-3-4-5-12-23-15-9-6-14(7-10-15)8-11-17(21)16(13-20)19-18(2)22/h6-7,9-10,16-17,19-22H,3-5,8,11-13H2,1-2H3/t16-,17+/m1/s1. The molecule has 0 radical (unpaired) electrons. The minimum Gasteiger partial charge on any atom is -0.494 e. The summed E-state index contributed by atoms with van der Waals surface area (Å²) in [6, 6.07) is 7.38. The first-order valence-electron chi connectivity index (χ1n) is 8.51. The number of unbranched alkanes of at least 4 members (excludes halogenated alkanes) is 2. The number of rotatable bonds is 12. The third-order valence-corrected chi connectivity index (χ3v) is 3.79. The second kappa shape index (κ2) is 11.5. The molecule has 0 aliphatic rings. The fraction of sp³-hybridized carbons (Fsp3) is 0.647. The first-order chi connectivity index (χ1) is 11.1. The predicted octanol–water partition coefficient (Wildman–Crippen LogP) is 1.61. The maximum Gasteiger partial charge on any atom is 0.373 e. The fourth-order valence-corrected chi connectivity index (χ4v) is 2.41. The predicted molar refractivity (Wildman–Crippen MR) is 93.6 cm³/mol. The van der Waals surface area contributed by atoms with Gasteiger partial charge in [0.25, 0.3) is 0 Å². The lowest BCUT2D eigenvalue weighted by Crippen LogP contribution is -2.49. The highest BCUT2D eigenvalue weighted by Gasteiger charge is 2.20. The molecule has 0 aromatic heterocycles. The van der Waals surface area contributed by atoms with Gasteiger partial charge in [0.15, 0.2) is 0 Å². The van der Waals surface area contributed by atoms with Crippen molar-refractivity contribution in [1.29, 1.82) is 0 Å². The third kappa shape index (κ3) is 8.37. The van der Waals surface area contributed by atoms with E-state index >= 15 is 0 Å². The number of benzene rings is 1. The number of aliphatic hydroxyl groups excluding tert-OH is 2. The molecule has 1 rings (SSSR count). The van der Waals surface area contributed by atoms with E-state index in [1.54, 1.807) is 6.82 Å². The van der Waals surface area contributed by atoms with Crippen LogP contribution < -0.4 is 9.96 Å². The number of aryl methyl sites for hydroxylation is 1. The Morgan fingerprint density at radius 2 is 1.91 bits per heavy atom. The lowest BCUT2D eigenvalue weighted by molar-refractivity contribution is 0.0919. The molecule has 5 nitrogen and oxygen atoms in total. The Bertz CT molecular complexity index is 414. The molecule has 0 unspecified atom stereocenters. The van der Waals surface area contributed by atoms with Crippen LogP contribution in [0, 0.1) is 0 Å². The van der Waals surface area contributed by atoms with Crippen LogP contribution in [-0.2, 0) is 6.42 Å². The van der Waals surface area contributed by atoms with E-state index in [0.29, 0.717) is 12.8 Å². The van der Waals surface area contributed by atoms with Crippen LogP contribution in [0.5, 0.6) is 5.75 Å². The Balaban J connectivity index is 2.36. The lowest BCUT2D eigenvalue weighted by Gasteiger charge is -2.22. The molecule has 0 spiro atoms. The number of nitrogens with one attached hydrogen (secondary N) is 1. The first-order valence-corrected chi connectivity index (χ1v) is 8.51. The van der Waals surface area contributed by atoms with Gasteiger partial charge in [-0.25, -0.2) is 0 Å². The van der Waals surface area contributed by atoms with E-state index in [0.717, 1.165) is 24.3 Å². The molecule has 0 aliphatic carbocycles. The molecule has 0 fully saturated rings. The zero-order valence-corrected chi connectivity index (χ0v) is 14.2. The highest BCUT2D eigenvalue weighted by molar-refractivity contribution is 6.45. The summed E-state index contributed by atoms with van der Waals surface area (Å²) >= 11 is 0. The Labute approximate surface area is 139 Å². The number of ether oxygens (including phenoxy) is 1. The molecule has 0 aliphatic heterocycles. The molecule has 0 saturated heterocycles. The second-order valence-corrected chi connectivity index (χ2v) is 5.94. The molecular weight excluding hydrogens is 293 g/mol. The van der Waals surface area contributed by atoms with Gasteiger partial charge in [-0.3, -0.25) is 0 Å². The largest absolute Gasteiger partial charge is 0.494 e. The van der Waals surface area contributed by atoms with Gasteiger partial charge in [0.2, 0.25) is 0 Å². The van der Waals surface area contributed by atoms with Crippen LogP contribution in [0.15, 0.2) is 24.3 Å². The normalized spacial score (nSPS) is 13.6. The molecule has 6 heteroatoms. The topological polar surface area (TPSA) is 82.0 Å². The zero-order chi connectivity index (χ0) is 17.1. The van der Waals surface area contributed by atoms with Crippen LogP contribution >= 0.6 is 0 Å². The van der Waals surface area contributed by atoms with Gasteiger partial charge >= 0.3 is 7.05 Å². The summed E-state index contributed by atoms with van der Waals surface area (Å²) in [6.45, 7) is 4.27. The first kappa shape index (κ1) is 20.0. The Morgan fingerprint density at radius 3 is 2.48 bits per heavy atom. The molecular formula is C17H30BNO4. The van der Waals surface area contributed by atoms with Gasteiger partial charge in [0.05, 0.1) is 19.3 Å². The van der Waals surface area contributed by atoms with Crippen molar-refractivity contribution in [3.8, 4) is 5.75 Å². The Hall–Kier alpha value is -1.08. The summed E-state index contributed by atoms with van der Waals surface area (Å²) < 4.78 is 5.67. The monoisotopic (exact) mass is 323 g/mol. The van der Waals surface area contributed by atoms with Crippen molar-refractivity contribution in [3.63, 3.8) is 0 Å². The molecule has 4 N–H and O–H groups in total. The van der Waals surface area contributed by atoms with E-state index in [1.165, 1.54) is 12.8 Å². The molecule has 0 bridgehead atoms. The van der Waals surface area contributed by atoms with Gasteiger partial charge in [-0.2, -0.15) is 0 Å². The number of hydrogen-bond donors (Lipinski definition) is 4. The lowest BCUT2D eigenvalue weighted by atomic mass is 9.86. The van der Waals surface area contributed by atoms with Crippen molar-refractivity contribution in [1.82, 2.24) is 5.23 Å². The summed E-state index contributed by atoms with van der Waals surface area (Å²) in [5.41, 5.74) is 1.11. The van der Waals surface area contributed by atoms with E-state index in [1.807, 2.05) is 24.3 Å². The van der Waals surface area contributed by atoms with Crippen molar-refractivity contribution in [2.75, 3.05) is 13.2 Å². The number of aliphatic hydroxyl groups is 2. The van der Waals surface area contributed by atoms with Crippen molar-refractivity contribution < 1.29 is 20.0 Å². The van der Waals surface area contributed by atoms with Gasteiger partial charge in [0, 0.05) is 6.04 Å². The minimum absolute atomic E-state index is 0.212. The van der Waals surface area contributed by atoms with E-state index in [9.17, 15) is 15.2 Å². The quantitative estimate of drug-likeness (QED) is 0.347. The molecule has 0 saturated carbocycles. The minimum atomic E-state index is -0.758. The second-order valence-electron chi connectivity index (χ2n) is 5.94. The molecule has 0 heterocycles. The molecule has 130 valence electrons. The molecule has 1 aromatic carbocycles. The average Bonchev–Trinajstić information content (AvgIpc) is 2.55. The van der Waals surface area contributed by atoms with Gasteiger partial charge in [-0.15, -0.1) is 0 Å². The zero-order valence-electron chi connectivity index (χ0n) is 14.2. The van der Waals surface area contributed by atoms with Gasteiger partial charge in [-0.1, -0.05) is 31.9 Å². The summed E-state index contributed by atoms with van der Waals surface area (Å²) in [7, 11) is -0.758. The van der Waals surface area contributed by atoms with Crippen LogP contribution in [0.4, 0.5) is 0 Å². The van der Waals surface area contributed by atoms with Crippen molar-refractivity contribution >= 4 is 7.05 Å². The SMILES string of the molecule is CCCCCOc1ccc(CC[C@H](O)[C@@H](CO)NB(C)O)cc1. The maximum absolute atomic E-state index is 10.1. The van der Waals surface area contributed by atoms with Crippen LogP contribution in [0.25, 0.3) is 0 Å². The van der Waals surface area contributed by atoms with Gasteiger partial charge in [0.1, 0.15) is 5.75 Å². The molecule has 0 amide bonds. The van der Waals surface area contributed by atoms with E-state index in [-0.39, 0.29) is 6.61 Å². The molecule has 23 heavy (non-hydrogen) atoms. The summed E-state index contributed by atoms with van der Waals surface area (Å²) in [5.74, 6) is 0.870. The highest BCUT2D eigenvalue weighted by Crippen LogP contribution is 2.15. The maximum atomic E-state index is 10.1. The smallest absolute Gasteiger partial charge is 0.373 e. The fourth-order valence-electron chi connectivity index (χ4n) is 2.41. The third-order valence-electron chi connectivity index (χ3n) is 3.79. The summed E-state index contributed by atoms with van der Waals surface area (Å²) in [4.78, 5) is 0. The van der Waals surface area contributed by atoms with Crippen LogP contribution in [-0.4, -0.2) is 47.6 Å². The van der Waals surface area contributed by atoms with E-state index in [4.69, 9.17) is 4.74 Å². The van der Waals surface area contributed by atoms with Crippen LogP contribution in [0.2, 0.25) is 6.82 Å². The highest BCUT2D eigenvalue weighted by atomic mass is 16.5. The molecule has 2 atom stereocenters. The Kier molecular flexibility index (Phi) is 9.95. The van der Waals surface area contributed by atoms with E-state index < -0.39 is 19.2 Å². The summed E-state index contributed by atoms with van der Waals surface area (Å²) in [6.07, 6.45) is 3.95. The average molecular weight is 323 g/mol. The van der Waals surface area contributed by atoms with Crippen molar-refractivity contribution in [2.24, 2.45) is 0 Å². The van der Waals surface area contributed by atoms with E-state index in [2.05, 4.69) is 12.2 Å². The molecule has 1 aromatic rings. The van der Waals surface area contributed by atoms with Crippen LogP contribution in [0.1, 0.15) is 38.2 Å². The van der Waals surface area contributed by atoms with Crippen molar-refractivity contribution in [3.05, 3.63) is 29.8 Å². The van der Waals surface area contributed by atoms with Crippen molar-refractivity contribution in [2.45, 2.75) is 58.0 Å². The summed E-state index contributed by atoms with van der Waals surface area (Å²) in [5, 5.41) is 31.4.